The van der Waals surface area contributed by atoms with E-state index in [-0.39, 0.29) is 6.03 Å². The van der Waals surface area contributed by atoms with Crippen molar-refractivity contribution in [1.29, 1.82) is 0 Å². The Hall–Kier alpha value is -6.07. The minimum Gasteiger partial charge on any atom is -0.497 e. The number of hydrogen-bond donors (Lipinski definition) is 3. The molecular weight excluding hydrogens is 640 g/mol. The van der Waals surface area contributed by atoms with Crippen LogP contribution in [0.15, 0.2) is 104 Å². The Kier molecular flexibility index (Phi) is 9.71. The molecule has 51 heavy (non-hydrogen) atoms. The average molecular weight is 683 g/mol. The second-order valence-electron chi connectivity index (χ2n) is 12.4. The molecule has 0 atom stereocenters. The lowest BCUT2D eigenvalue weighted by Gasteiger charge is -2.35. The van der Waals surface area contributed by atoms with Crippen LogP contribution in [0.5, 0.6) is 11.5 Å². The lowest BCUT2D eigenvalue weighted by molar-refractivity contribution is 0.262. The van der Waals surface area contributed by atoms with Crippen molar-refractivity contribution in [3.05, 3.63) is 104 Å². The zero-order valence-corrected chi connectivity index (χ0v) is 29.3. The van der Waals surface area contributed by atoms with Gasteiger partial charge >= 0.3 is 6.03 Å². The molecule has 1 fully saturated rings. The lowest BCUT2D eigenvalue weighted by Crippen LogP contribution is -2.46. The first kappa shape index (κ1) is 33.4. The van der Waals surface area contributed by atoms with Gasteiger partial charge in [-0.2, -0.15) is 0 Å². The first-order valence-corrected chi connectivity index (χ1v) is 17.1. The summed E-state index contributed by atoms with van der Waals surface area (Å²) in [6, 6.07) is 29.7. The van der Waals surface area contributed by atoms with E-state index in [0.29, 0.717) is 17.1 Å². The monoisotopic (exact) mass is 682 g/mol. The largest absolute Gasteiger partial charge is 0.497 e. The molecule has 0 bridgehead atoms. The highest BCUT2D eigenvalue weighted by Gasteiger charge is 2.19. The summed E-state index contributed by atoms with van der Waals surface area (Å²) in [5.74, 6) is 2.88. The summed E-state index contributed by atoms with van der Waals surface area (Å²) in [7, 11) is 5.13. The number of benzene rings is 4. The Morgan fingerprint density at radius 2 is 1.59 bits per heavy atom. The van der Waals surface area contributed by atoms with E-state index < -0.39 is 0 Å². The van der Waals surface area contributed by atoms with Crippen LogP contribution in [0.25, 0.3) is 39.0 Å². The van der Waals surface area contributed by atoms with E-state index in [1.54, 1.807) is 20.5 Å². The number of nitrogens with one attached hydrogen (secondary N) is 3. The predicted octanol–water partition coefficient (Wildman–Crippen LogP) is 7.60. The van der Waals surface area contributed by atoms with Crippen LogP contribution < -0.4 is 30.3 Å². The van der Waals surface area contributed by atoms with Gasteiger partial charge < -0.3 is 39.8 Å². The topological polar surface area (TPSA) is 109 Å². The number of rotatable bonds is 10. The van der Waals surface area contributed by atoms with Crippen molar-refractivity contribution in [2.45, 2.75) is 6.92 Å². The van der Waals surface area contributed by atoms with Crippen molar-refractivity contribution in [3.63, 3.8) is 0 Å². The molecular formula is C40H42N8O3. The standard InChI is InChI=1S/C40H42N8O3/c1-5-46-17-19-47(20-18-46)31-12-16-35(37(23-31)51-4)45-40(49)44-30-8-6-7-28(21-30)29-11-15-33-34(27-9-13-32(50-3)14-10-27)25-48(36(33)22-29)39-24-38(41-2)42-26-43-39/h6-16,21-26H,5,17-20H2,1-4H3,(H,41,42,43)(H2,44,45,49). The van der Waals surface area contributed by atoms with Crippen molar-refractivity contribution in [1.82, 2.24) is 19.4 Å². The van der Waals surface area contributed by atoms with E-state index in [1.807, 2.05) is 67.7 Å². The first-order chi connectivity index (χ1) is 25.0. The fourth-order valence-corrected chi connectivity index (χ4v) is 6.58. The van der Waals surface area contributed by atoms with E-state index in [4.69, 9.17) is 9.47 Å². The second-order valence-corrected chi connectivity index (χ2v) is 12.4. The van der Waals surface area contributed by atoms with Gasteiger partial charge in [0.2, 0.25) is 0 Å². The minimum atomic E-state index is -0.354. The smallest absolute Gasteiger partial charge is 0.323 e. The van der Waals surface area contributed by atoms with E-state index in [9.17, 15) is 4.79 Å². The van der Waals surface area contributed by atoms with Crippen LogP contribution in [-0.2, 0) is 0 Å². The summed E-state index contributed by atoms with van der Waals surface area (Å²) in [5, 5.41) is 10.2. The Labute approximate surface area is 297 Å². The van der Waals surface area contributed by atoms with Gasteiger partial charge in [0.25, 0.3) is 0 Å². The van der Waals surface area contributed by atoms with Crippen LogP contribution in [-0.4, -0.2) is 79.5 Å². The number of ether oxygens (including phenoxy) is 2. The molecule has 0 saturated carbocycles. The molecule has 260 valence electrons. The molecule has 3 heterocycles. The van der Waals surface area contributed by atoms with Crippen LogP contribution >= 0.6 is 0 Å². The Morgan fingerprint density at radius 1 is 0.804 bits per heavy atom. The molecule has 1 saturated heterocycles. The number of nitrogens with zero attached hydrogens (tertiary/aromatic N) is 5. The average Bonchev–Trinajstić information content (AvgIpc) is 3.57. The predicted molar refractivity (Wildman–Crippen MR) is 206 cm³/mol. The number of methoxy groups -OCH3 is 2. The molecule has 2 aromatic heterocycles. The molecule has 2 amide bonds. The van der Waals surface area contributed by atoms with Gasteiger partial charge in [-0.1, -0.05) is 43.3 Å². The molecule has 4 aromatic carbocycles. The molecule has 3 N–H and O–H groups in total. The number of carbonyl (C=O) groups is 1. The maximum Gasteiger partial charge on any atom is 0.323 e. The van der Waals surface area contributed by atoms with Gasteiger partial charge in [0.15, 0.2) is 0 Å². The number of amides is 2. The van der Waals surface area contributed by atoms with Crippen LogP contribution in [0.3, 0.4) is 0 Å². The first-order valence-electron chi connectivity index (χ1n) is 17.1. The SMILES string of the molecule is CCN1CCN(c2ccc(NC(=O)Nc3cccc(-c4ccc5c(-c6ccc(OC)cc6)cn(-c6cc(NC)ncn6)c5c4)c3)c(OC)c2)CC1. The summed E-state index contributed by atoms with van der Waals surface area (Å²) in [6.45, 7) is 7.24. The molecule has 0 aliphatic carbocycles. The molecule has 1 aliphatic heterocycles. The van der Waals surface area contributed by atoms with Gasteiger partial charge in [0, 0.05) is 73.9 Å². The Bertz CT molecular complexity index is 2160. The Balaban J connectivity index is 1.14. The number of anilines is 4. The van der Waals surface area contributed by atoms with Crippen LogP contribution in [0.4, 0.5) is 27.7 Å². The fraction of sp³-hybridized carbons (Fsp3) is 0.225. The summed E-state index contributed by atoms with van der Waals surface area (Å²) < 4.78 is 13.2. The second kappa shape index (κ2) is 14.8. The van der Waals surface area contributed by atoms with Crippen molar-refractivity contribution in [2.75, 3.05) is 74.8 Å². The zero-order valence-electron chi connectivity index (χ0n) is 29.3. The summed E-state index contributed by atoms with van der Waals surface area (Å²) >= 11 is 0. The molecule has 11 heteroatoms. The highest BCUT2D eigenvalue weighted by molar-refractivity contribution is 6.02. The van der Waals surface area contributed by atoms with Gasteiger partial charge in [-0.25, -0.2) is 14.8 Å². The number of hydrogen-bond acceptors (Lipinski definition) is 8. The van der Waals surface area contributed by atoms with Crippen molar-refractivity contribution in [3.8, 4) is 39.6 Å². The third kappa shape index (κ3) is 7.15. The minimum absolute atomic E-state index is 0.354. The third-order valence-corrected chi connectivity index (χ3v) is 9.43. The van der Waals surface area contributed by atoms with E-state index in [0.717, 1.165) is 89.0 Å². The summed E-state index contributed by atoms with van der Waals surface area (Å²) in [5.41, 5.74) is 7.42. The number of fused-ring (bicyclic) bond motifs is 1. The van der Waals surface area contributed by atoms with Gasteiger partial charge in [-0.15, -0.1) is 0 Å². The summed E-state index contributed by atoms with van der Waals surface area (Å²) in [6.07, 6.45) is 3.66. The number of aromatic nitrogens is 3. The quantitative estimate of drug-likeness (QED) is 0.136. The number of carbonyl (C=O) groups excluding carboxylic acids is 1. The number of urea groups is 1. The number of likely N-dealkylation sites (N-methyl/N-ethyl adjacent to an activating group) is 1. The molecule has 1 aliphatic rings. The van der Waals surface area contributed by atoms with Crippen LogP contribution in [0, 0.1) is 0 Å². The lowest BCUT2D eigenvalue weighted by atomic mass is 10.0. The van der Waals surface area contributed by atoms with Crippen molar-refractivity contribution < 1.29 is 14.3 Å². The highest BCUT2D eigenvalue weighted by atomic mass is 16.5. The maximum atomic E-state index is 13.2. The van der Waals surface area contributed by atoms with Gasteiger partial charge in [0.05, 0.1) is 25.4 Å². The van der Waals surface area contributed by atoms with E-state index >= 15 is 0 Å². The van der Waals surface area contributed by atoms with E-state index in [2.05, 4.69) is 83.7 Å². The maximum absolute atomic E-state index is 13.2. The highest BCUT2D eigenvalue weighted by Crippen LogP contribution is 2.36. The van der Waals surface area contributed by atoms with Gasteiger partial charge in [-0.05, 0) is 65.7 Å². The van der Waals surface area contributed by atoms with Crippen molar-refractivity contribution >= 4 is 39.8 Å². The van der Waals surface area contributed by atoms with Gasteiger partial charge in [-0.3, -0.25) is 0 Å². The normalized spacial score (nSPS) is 13.2. The molecule has 7 rings (SSSR count). The molecule has 0 radical (unpaired) electrons. The fourth-order valence-electron chi connectivity index (χ4n) is 6.58. The van der Waals surface area contributed by atoms with Crippen LogP contribution in [0.1, 0.15) is 6.92 Å². The summed E-state index contributed by atoms with van der Waals surface area (Å²) in [4.78, 5) is 26.9. The molecule has 6 aromatic rings. The molecule has 0 spiro atoms. The van der Waals surface area contributed by atoms with Crippen molar-refractivity contribution in [2.24, 2.45) is 0 Å². The third-order valence-electron chi connectivity index (χ3n) is 9.43. The molecule has 0 unspecified atom stereocenters. The van der Waals surface area contributed by atoms with Gasteiger partial charge in [0.1, 0.15) is 29.5 Å². The van der Waals surface area contributed by atoms with Crippen LogP contribution in [0.2, 0.25) is 0 Å². The number of piperazine rings is 1. The molecule has 11 nitrogen and oxygen atoms in total. The van der Waals surface area contributed by atoms with E-state index in [1.165, 1.54) is 0 Å². The zero-order chi connectivity index (χ0) is 35.3. The Morgan fingerprint density at radius 3 is 2.33 bits per heavy atom.